The molecule has 19 heavy (non-hydrogen) atoms. The Morgan fingerprint density at radius 3 is 2.79 bits per heavy atom. The van der Waals surface area contributed by atoms with Gasteiger partial charge < -0.3 is 10.3 Å². The molecule has 3 rings (SSSR count). The van der Waals surface area contributed by atoms with Gasteiger partial charge in [0.1, 0.15) is 0 Å². The Balaban J connectivity index is 2.16. The molecule has 0 fully saturated rings. The highest BCUT2D eigenvalue weighted by atomic mass is 79.9. The highest BCUT2D eigenvalue weighted by Gasteiger charge is 2.16. The number of halogens is 1. The fraction of sp³-hybridized carbons (Fsp3) is 0.214. The van der Waals surface area contributed by atoms with Crippen LogP contribution in [0, 0.1) is 6.92 Å². The number of benzene rings is 1. The molecule has 0 bridgehead atoms. The Bertz CT molecular complexity index is 744. The van der Waals surface area contributed by atoms with Gasteiger partial charge in [-0.25, -0.2) is 4.98 Å². The maximum Gasteiger partial charge on any atom is 0.201 e. The summed E-state index contributed by atoms with van der Waals surface area (Å²) in [6.45, 7) is 4.28. The minimum Gasteiger partial charge on any atom is -0.369 e. The third kappa shape index (κ3) is 2.17. The lowest BCUT2D eigenvalue weighted by atomic mass is 10.2. The van der Waals surface area contributed by atoms with E-state index in [9.17, 15) is 0 Å². The molecule has 5 heteroatoms. The molecule has 0 spiro atoms. The Morgan fingerprint density at radius 2 is 2.11 bits per heavy atom. The number of hydrogen-bond acceptors (Lipinski definition) is 3. The van der Waals surface area contributed by atoms with E-state index >= 15 is 0 Å². The third-order valence-electron chi connectivity index (χ3n) is 3.24. The van der Waals surface area contributed by atoms with Crippen LogP contribution in [-0.2, 0) is 0 Å². The maximum atomic E-state index is 6.09. The predicted octanol–water partition coefficient (Wildman–Crippen LogP) is 4.36. The summed E-state index contributed by atoms with van der Waals surface area (Å²) >= 11 is 5.26. The molecule has 2 aromatic heterocycles. The van der Waals surface area contributed by atoms with Gasteiger partial charge in [-0.05, 0) is 44.2 Å². The van der Waals surface area contributed by atoms with Crippen LogP contribution in [0.15, 0.2) is 34.8 Å². The zero-order valence-corrected chi connectivity index (χ0v) is 13.1. The summed E-state index contributed by atoms with van der Waals surface area (Å²) in [7, 11) is 0. The number of rotatable bonds is 2. The summed E-state index contributed by atoms with van der Waals surface area (Å²) in [6.07, 6.45) is 0. The average Bonchev–Trinajstić information content (AvgIpc) is 2.91. The molecule has 1 unspecified atom stereocenters. The monoisotopic (exact) mass is 335 g/mol. The number of imidazole rings is 1. The smallest absolute Gasteiger partial charge is 0.201 e. The van der Waals surface area contributed by atoms with E-state index in [1.54, 1.807) is 11.3 Å². The molecule has 0 aliphatic rings. The second kappa shape index (κ2) is 4.65. The second-order valence-electron chi connectivity index (χ2n) is 4.60. The summed E-state index contributed by atoms with van der Waals surface area (Å²) in [5.41, 5.74) is 8.08. The molecule has 3 aromatic rings. The first kappa shape index (κ1) is 12.7. The van der Waals surface area contributed by atoms with Crippen molar-refractivity contribution in [3.63, 3.8) is 0 Å². The normalized spacial score (nSPS) is 13.0. The number of fused-ring (bicyclic) bond motifs is 1. The minimum absolute atomic E-state index is 0.199. The standard InChI is InChI=1S/C14H14BrN3S/c1-8-3-6-13(19-8)9(2)18-12-5-4-10(15)7-11(12)17-14(18)16/h3-7,9H,1-2H3,(H2,16,17). The SMILES string of the molecule is Cc1ccc(C(C)n2c(N)nc3cc(Br)ccc32)s1. The highest BCUT2D eigenvalue weighted by Crippen LogP contribution is 2.31. The van der Waals surface area contributed by atoms with E-state index < -0.39 is 0 Å². The zero-order chi connectivity index (χ0) is 13.6. The van der Waals surface area contributed by atoms with Gasteiger partial charge in [0, 0.05) is 14.2 Å². The Hall–Kier alpha value is -1.33. The molecule has 0 amide bonds. The molecule has 0 aliphatic heterocycles. The van der Waals surface area contributed by atoms with Gasteiger partial charge in [0.25, 0.3) is 0 Å². The highest BCUT2D eigenvalue weighted by molar-refractivity contribution is 9.10. The molecule has 2 N–H and O–H groups in total. The van der Waals surface area contributed by atoms with E-state index in [0.717, 1.165) is 15.5 Å². The van der Waals surface area contributed by atoms with Crippen LogP contribution >= 0.6 is 27.3 Å². The molecular weight excluding hydrogens is 322 g/mol. The van der Waals surface area contributed by atoms with Crippen molar-refractivity contribution < 1.29 is 0 Å². The Labute approximate surface area is 124 Å². The number of thiophene rings is 1. The summed E-state index contributed by atoms with van der Waals surface area (Å²) in [6, 6.07) is 10.6. The van der Waals surface area contributed by atoms with Crippen molar-refractivity contribution in [3.05, 3.63) is 44.6 Å². The lowest BCUT2D eigenvalue weighted by Crippen LogP contribution is -2.08. The van der Waals surface area contributed by atoms with E-state index in [1.165, 1.54) is 9.75 Å². The largest absolute Gasteiger partial charge is 0.369 e. The summed E-state index contributed by atoms with van der Waals surface area (Å²) in [5.74, 6) is 0.562. The van der Waals surface area contributed by atoms with E-state index in [0.29, 0.717) is 5.95 Å². The summed E-state index contributed by atoms with van der Waals surface area (Å²) in [4.78, 5) is 7.05. The van der Waals surface area contributed by atoms with E-state index in [-0.39, 0.29) is 6.04 Å². The van der Waals surface area contributed by atoms with Gasteiger partial charge in [-0.2, -0.15) is 0 Å². The van der Waals surface area contributed by atoms with Crippen LogP contribution in [0.3, 0.4) is 0 Å². The third-order valence-corrected chi connectivity index (χ3v) is 4.90. The molecule has 98 valence electrons. The number of anilines is 1. The number of nitrogen functional groups attached to an aromatic ring is 1. The van der Waals surface area contributed by atoms with E-state index in [2.05, 4.69) is 57.5 Å². The molecule has 0 radical (unpaired) electrons. The average molecular weight is 336 g/mol. The van der Waals surface area contributed by atoms with Crippen molar-refractivity contribution in [2.75, 3.05) is 5.73 Å². The van der Waals surface area contributed by atoms with Crippen LogP contribution in [0.2, 0.25) is 0 Å². The van der Waals surface area contributed by atoms with Crippen LogP contribution in [0.1, 0.15) is 22.7 Å². The van der Waals surface area contributed by atoms with Crippen LogP contribution < -0.4 is 5.73 Å². The molecule has 3 nitrogen and oxygen atoms in total. The Morgan fingerprint density at radius 1 is 1.32 bits per heavy atom. The van der Waals surface area contributed by atoms with Crippen molar-refractivity contribution in [3.8, 4) is 0 Å². The lowest BCUT2D eigenvalue weighted by Gasteiger charge is -2.14. The first-order valence-electron chi connectivity index (χ1n) is 6.05. The molecule has 0 aliphatic carbocycles. The fourth-order valence-electron chi connectivity index (χ4n) is 2.30. The van der Waals surface area contributed by atoms with Gasteiger partial charge >= 0.3 is 0 Å². The van der Waals surface area contributed by atoms with Gasteiger partial charge in [-0.1, -0.05) is 15.9 Å². The van der Waals surface area contributed by atoms with Crippen molar-refractivity contribution in [1.82, 2.24) is 9.55 Å². The number of hydrogen-bond donors (Lipinski definition) is 1. The molecule has 0 saturated heterocycles. The van der Waals surface area contributed by atoms with Gasteiger partial charge in [0.15, 0.2) is 0 Å². The quantitative estimate of drug-likeness (QED) is 0.756. The number of nitrogens with zero attached hydrogens (tertiary/aromatic N) is 2. The van der Waals surface area contributed by atoms with Gasteiger partial charge in [-0.3, -0.25) is 0 Å². The maximum absolute atomic E-state index is 6.09. The van der Waals surface area contributed by atoms with Crippen molar-refractivity contribution in [1.29, 1.82) is 0 Å². The first-order valence-corrected chi connectivity index (χ1v) is 7.66. The molecule has 1 aromatic carbocycles. The predicted molar refractivity (Wildman–Crippen MR) is 84.7 cm³/mol. The van der Waals surface area contributed by atoms with Crippen LogP contribution in [0.5, 0.6) is 0 Å². The molecule has 1 atom stereocenters. The number of aromatic nitrogens is 2. The van der Waals surface area contributed by atoms with Gasteiger partial charge in [0.2, 0.25) is 5.95 Å². The van der Waals surface area contributed by atoms with E-state index in [1.807, 2.05) is 12.1 Å². The zero-order valence-electron chi connectivity index (χ0n) is 10.7. The molecule has 2 heterocycles. The van der Waals surface area contributed by atoms with Crippen LogP contribution in [0.4, 0.5) is 5.95 Å². The van der Waals surface area contributed by atoms with Gasteiger partial charge in [-0.15, -0.1) is 11.3 Å². The van der Waals surface area contributed by atoms with Crippen molar-refractivity contribution >= 4 is 44.2 Å². The summed E-state index contributed by atoms with van der Waals surface area (Å²) in [5, 5.41) is 0. The van der Waals surface area contributed by atoms with E-state index in [4.69, 9.17) is 5.73 Å². The van der Waals surface area contributed by atoms with Gasteiger partial charge in [0.05, 0.1) is 17.1 Å². The molecule has 0 saturated carbocycles. The van der Waals surface area contributed by atoms with Crippen LogP contribution in [0.25, 0.3) is 11.0 Å². The molecular formula is C14H14BrN3S. The number of nitrogens with two attached hydrogens (primary N) is 1. The van der Waals surface area contributed by atoms with Crippen LogP contribution in [-0.4, -0.2) is 9.55 Å². The minimum atomic E-state index is 0.199. The first-order chi connectivity index (χ1) is 9.06. The topological polar surface area (TPSA) is 43.8 Å². The second-order valence-corrected chi connectivity index (χ2v) is 6.83. The number of aryl methyl sites for hydroxylation is 1. The fourth-order valence-corrected chi connectivity index (χ4v) is 3.57. The van der Waals surface area contributed by atoms with Crippen molar-refractivity contribution in [2.24, 2.45) is 0 Å². The summed E-state index contributed by atoms with van der Waals surface area (Å²) < 4.78 is 3.11. The van der Waals surface area contributed by atoms with Crippen molar-refractivity contribution in [2.45, 2.75) is 19.9 Å². The lowest BCUT2D eigenvalue weighted by molar-refractivity contribution is 0.680. The Kier molecular flexibility index (Phi) is 3.11.